The maximum atomic E-state index is 10.7. The first-order chi connectivity index (χ1) is 5.83. The van der Waals surface area contributed by atoms with Crippen molar-refractivity contribution in [3.63, 3.8) is 0 Å². The quantitative estimate of drug-likeness (QED) is 0.633. The standard InChI is InChI=1S/C6H9N3O2S/c10-5(3-12)7-2-1-6-8-4-9-11-6/h4,12H,1-3H2,(H,7,10). The normalized spacial score (nSPS) is 9.75. The molecule has 1 aromatic rings. The number of nitrogens with one attached hydrogen (secondary N) is 1. The lowest BCUT2D eigenvalue weighted by molar-refractivity contribution is -0.118. The zero-order chi connectivity index (χ0) is 8.81. The number of hydrogen-bond acceptors (Lipinski definition) is 5. The number of amides is 1. The van der Waals surface area contributed by atoms with Crippen LogP contribution in [0, 0.1) is 0 Å². The van der Waals surface area contributed by atoms with Crippen LogP contribution in [0.25, 0.3) is 0 Å². The van der Waals surface area contributed by atoms with Crippen LogP contribution in [-0.2, 0) is 11.2 Å². The fourth-order valence-corrected chi connectivity index (χ4v) is 0.783. The van der Waals surface area contributed by atoms with Gasteiger partial charge in [0.05, 0.1) is 5.75 Å². The van der Waals surface area contributed by atoms with Gasteiger partial charge in [-0.2, -0.15) is 17.6 Å². The van der Waals surface area contributed by atoms with Gasteiger partial charge in [0.25, 0.3) is 0 Å². The van der Waals surface area contributed by atoms with Crippen LogP contribution < -0.4 is 5.32 Å². The molecule has 0 bridgehead atoms. The molecular formula is C6H9N3O2S. The van der Waals surface area contributed by atoms with Crippen LogP contribution >= 0.6 is 12.6 Å². The zero-order valence-electron chi connectivity index (χ0n) is 6.36. The Bertz CT molecular complexity index is 237. The molecule has 0 spiro atoms. The van der Waals surface area contributed by atoms with Gasteiger partial charge in [-0.25, -0.2) is 0 Å². The van der Waals surface area contributed by atoms with Crippen LogP contribution in [0.15, 0.2) is 10.9 Å². The maximum Gasteiger partial charge on any atom is 0.229 e. The molecule has 6 heteroatoms. The fourth-order valence-electron chi connectivity index (χ4n) is 0.671. The molecule has 1 heterocycles. The smallest absolute Gasteiger partial charge is 0.229 e. The Morgan fingerprint density at radius 1 is 1.75 bits per heavy atom. The second-order valence-electron chi connectivity index (χ2n) is 2.09. The van der Waals surface area contributed by atoms with Crippen LogP contribution in [0.3, 0.4) is 0 Å². The molecule has 0 aliphatic carbocycles. The van der Waals surface area contributed by atoms with Gasteiger partial charge in [0.1, 0.15) is 0 Å². The van der Waals surface area contributed by atoms with Crippen molar-refractivity contribution < 1.29 is 9.32 Å². The summed E-state index contributed by atoms with van der Waals surface area (Å²) in [5, 5.41) is 6.05. The number of aromatic nitrogens is 2. The van der Waals surface area contributed by atoms with E-state index in [1.54, 1.807) is 0 Å². The Kier molecular flexibility index (Phi) is 3.59. The lowest BCUT2D eigenvalue weighted by Crippen LogP contribution is -2.26. The van der Waals surface area contributed by atoms with Gasteiger partial charge in [0.2, 0.25) is 11.8 Å². The molecule has 66 valence electrons. The Morgan fingerprint density at radius 2 is 2.58 bits per heavy atom. The summed E-state index contributed by atoms with van der Waals surface area (Å²) in [6.07, 6.45) is 1.88. The Morgan fingerprint density at radius 3 is 3.17 bits per heavy atom. The first-order valence-corrected chi connectivity index (χ1v) is 4.09. The third-order valence-electron chi connectivity index (χ3n) is 1.21. The molecule has 0 atom stereocenters. The fraction of sp³-hybridized carbons (Fsp3) is 0.500. The summed E-state index contributed by atoms with van der Waals surface area (Å²) < 4.78 is 4.72. The molecule has 0 aliphatic rings. The summed E-state index contributed by atoms with van der Waals surface area (Å²) in [4.78, 5) is 14.5. The van der Waals surface area contributed by atoms with Gasteiger partial charge in [0.15, 0.2) is 6.33 Å². The topological polar surface area (TPSA) is 68.0 Å². The molecule has 1 N–H and O–H groups in total. The number of nitrogens with zero attached hydrogens (tertiary/aromatic N) is 2. The highest BCUT2D eigenvalue weighted by molar-refractivity contribution is 7.81. The Balaban J connectivity index is 2.15. The van der Waals surface area contributed by atoms with E-state index in [1.165, 1.54) is 6.33 Å². The van der Waals surface area contributed by atoms with Gasteiger partial charge in [-0.15, -0.1) is 0 Å². The number of carbonyl (C=O) groups excluding carboxylic acids is 1. The van der Waals surface area contributed by atoms with Crippen LogP contribution in [-0.4, -0.2) is 28.3 Å². The van der Waals surface area contributed by atoms with Gasteiger partial charge < -0.3 is 9.84 Å². The van der Waals surface area contributed by atoms with Gasteiger partial charge in [-0.1, -0.05) is 5.16 Å². The van der Waals surface area contributed by atoms with Crippen molar-refractivity contribution in [1.82, 2.24) is 15.5 Å². The molecule has 1 amide bonds. The average Bonchev–Trinajstić information content (AvgIpc) is 2.57. The van der Waals surface area contributed by atoms with Crippen molar-refractivity contribution in [2.24, 2.45) is 0 Å². The highest BCUT2D eigenvalue weighted by Gasteiger charge is 2.00. The monoisotopic (exact) mass is 187 g/mol. The Labute approximate surface area is 74.9 Å². The maximum absolute atomic E-state index is 10.7. The summed E-state index contributed by atoms with van der Waals surface area (Å²) in [6.45, 7) is 0.502. The minimum absolute atomic E-state index is 0.0992. The van der Waals surface area contributed by atoms with Crippen LogP contribution in [0.2, 0.25) is 0 Å². The largest absolute Gasteiger partial charge is 0.355 e. The van der Waals surface area contributed by atoms with E-state index in [-0.39, 0.29) is 11.7 Å². The lowest BCUT2D eigenvalue weighted by atomic mass is 10.4. The molecule has 0 unspecified atom stereocenters. The van der Waals surface area contributed by atoms with Gasteiger partial charge >= 0.3 is 0 Å². The predicted molar refractivity (Wildman–Crippen MR) is 44.9 cm³/mol. The molecule has 1 rings (SSSR count). The van der Waals surface area contributed by atoms with Gasteiger partial charge in [0, 0.05) is 13.0 Å². The van der Waals surface area contributed by atoms with Gasteiger partial charge in [-0.3, -0.25) is 4.79 Å². The van der Waals surface area contributed by atoms with E-state index in [4.69, 9.17) is 4.52 Å². The second-order valence-corrected chi connectivity index (χ2v) is 2.41. The molecule has 0 aromatic carbocycles. The molecule has 0 aliphatic heterocycles. The first-order valence-electron chi connectivity index (χ1n) is 3.46. The van der Waals surface area contributed by atoms with E-state index in [9.17, 15) is 4.79 Å². The lowest BCUT2D eigenvalue weighted by Gasteiger charge is -1.98. The molecule has 1 aromatic heterocycles. The highest BCUT2D eigenvalue weighted by atomic mass is 32.1. The molecule has 5 nitrogen and oxygen atoms in total. The summed E-state index contributed by atoms with van der Waals surface area (Å²) in [5.74, 6) is 0.622. The molecule has 0 saturated heterocycles. The minimum Gasteiger partial charge on any atom is -0.355 e. The summed E-state index contributed by atoms with van der Waals surface area (Å²) in [5.41, 5.74) is 0. The van der Waals surface area contributed by atoms with Crippen molar-refractivity contribution in [3.05, 3.63) is 12.2 Å². The minimum atomic E-state index is -0.0992. The van der Waals surface area contributed by atoms with Crippen LogP contribution in [0.4, 0.5) is 0 Å². The Hall–Kier alpha value is -1.04. The van der Waals surface area contributed by atoms with E-state index in [0.717, 1.165) is 0 Å². The number of thiol groups is 1. The van der Waals surface area contributed by atoms with Crippen LogP contribution in [0.5, 0.6) is 0 Å². The third-order valence-corrected chi connectivity index (χ3v) is 1.50. The SMILES string of the molecule is O=C(CS)NCCc1ncno1. The average molecular weight is 187 g/mol. The molecule has 12 heavy (non-hydrogen) atoms. The van der Waals surface area contributed by atoms with Crippen molar-refractivity contribution in [2.45, 2.75) is 6.42 Å². The van der Waals surface area contributed by atoms with E-state index in [1.807, 2.05) is 0 Å². The van der Waals surface area contributed by atoms with E-state index in [0.29, 0.717) is 18.9 Å². The van der Waals surface area contributed by atoms with E-state index in [2.05, 4.69) is 28.1 Å². The molecule has 0 fully saturated rings. The summed E-state index contributed by atoms with van der Waals surface area (Å²) >= 11 is 3.80. The van der Waals surface area contributed by atoms with Crippen molar-refractivity contribution >= 4 is 18.5 Å². The number of rotatable bonds is 4. The summed E-state index contributed by atoms with van der Waals surface area (Å²) in [6, 6.07) is 0. The van der Waals surface area contributed by atoms with E-state index >= 15 is 0 Å². The summed E-state index contributed by atoms with van der Waals surface area (Å²) in [7, 11) is 0. The third kappa shape index (κ3) is 2.91. The predicted octanol–water partition coefficient (Wildman–Crippen LogP) is -0.342. The highest BCUT2D eigenvalue weighted by Crippen LogP contribution is 1.90. The zero-order valence-corrected chi connectivity index (χ0v) is 7.25. The number of hydrogen-bond donors (Lipinski definition) is 2. The first kappa shape index (κ1) is 9.05. The second kappa shape index (κ2) is 4.76. The van der Waals surface area contributed by atoms with Crippen molar-refractivity contribution in [2.75, 3.05) is 12.3 Å². The number of carbonyl (C=O) groups is 1. The van der Waals surface area contributed by atoms with Crippen molar-refractivity contribution in [3.8, 4) is 0 Å². The van der Waals surface area contributed by atoms with E-state index < -0.39 is 0 Å². The van der Waals surface area contributed by atoms with Crippen LogP contribution in [0.1, 0.15) is 5.89 Å². The molecule has 0 saturated carbocycles. The van der Waals surface area contributed by atoms with Crippen molar-refractivity contribution in [1.29, 1.82) is 0 Å². The van der Waals surface area contributed by atoms with Gasteiger partial charge in [-0.05, 0) is 0 Å². The molecular weight excluding hydrogens is 178 g/mol. The molecule has 0 radical (unpaired) electrons.